The number of amides is 1. The lowest BCUT2D eigenvalue weighted by atomic mass is 10.0. The van der Waals surface area contributed by atoms with Gasteiger partial charge in [0.15, 0.2) is 6.29 Å². The van der Waals surface area contributed by atoms with E-state index in [1.165, 1.54) is 0 Å². The summed E-state index contributed by atoms with van der Waals surface area (Å²) in [7, 11) is -2.61. The number of thiophene rings is 1. The fourth-order valence-electron chi connectivity index (χ4n) is 4.65. The predicted molar refractivity (Wildman–Crippen MR) is 174 cm³/mol. The Kier molecular flexibility index (Phi) is 11.9. The van der Waals surface area contributed by atoms with Crippen LogP contribution in [0.5, 0.6) is 5.88 Å². The van der Waals surface area contributed by atoms with Crippen molar-refractivity contribution >= 4 is 33.7 Å². The summed E-state index contributed by atoms with van der Waals surface area (Å²) in [6, 6.07) is 18.8. The van der Waals surface area contributed by atoms with Crippen LogP contribution < -0.4 is 9.46 Å². The van der Waals surface area contributed by atoms with E-state index in [0.717, 1.165) is 40.0 Å². The molecule has 4 aromatic rings. The number of methoxy groups -OCH3 is 1. The Balaban J connectivity index is 1.66. The molecule has 1 amide bonds. The molecule has 0 radical (unpaired) electrons. The maximum Gasteiger partial charge on any atom is 0.421 e. The minimum Gasteiger partial charge on any atom is -0.474 e. The first-order valence-electron chi connectivity index (χ1n) is 14.8. The van der Waals surface area contributed by atoms with E-state index in [9.17, 15) is 18.0 Å². The summed E-state index contributed by atoms with van der Waals surface area (Å²) in [5.74, 6) is 1.12. The zero-order chi connectivity index (χ0) is 32.4. The molecule has 0 unspecified atom stereocenters. The number of hydrogen-bond acceptors (Lipinski definition) is 9. The van der Waals surface area contributed by atoms with Crippen LogP contribution in [0.2, 0.25) is 0 Å². The maximum atomic E-state index is 13.4. The van der Waals surface area contributed by atoms with Gasteiger partial charge >= 0.3 is 6.09 Å². The number of sulfonamides is 1. The van der Waals surface area contributed by atoms with Gasteiger partial charge in [0.25, 0.3) is 10.0 Å². The molecule has 2 aromatic heterocycles. The Morgan fingerprint density at radius 2 is 1.78 bits per heavy atom. The second kappa shape index (κ2) is 15.8. The third-order valence-corrected chi connectivity index (χ3v) is 9.80. The van der Waals surface area contributed by atoms with Gasteiger partial charge in [-0.2, -0.15) is 4.98 Å². The minimum absolute atomic E-state index is 0.0559. The third kappa shape index (κ3) is 8.80. The highest BCUT2D eigenvalue weighted by Gasteiger charge is 2.27. The van der Waals surface area contributed by atoms with Gasteiger partial charge in [0.1, 0.15) is 22.3 Å². The molecule has 0 atom stereocenters. The van der Waals surface area contributed by atoms with Crippen molar-refractivity contribution in [2.45, 2.75) is 50.8 Å². The Morgan fingerprint density at radius 3 is 2.42 bits per heavy atom. The van der Waals surface area contributed by atoms with E-state index in [0.29, 0.717) is 54.6 Å². The Morgan fingerprint density at radius 1 is 1.04 bits per heavy atom. The minimum atomic E-state index is -4.18. The summed E-state index contributed by atoms with van der Waals surface area (Å²) in [6.45, 7) is 7.13. The van der Waals surface area contributed by atoms with Crippen molar-refractivity contribution in [2.75, 3.05) is 26.9 Å². The van der Waals surface area contributed by atoms with Gasteiger partial charge in [-0.25, -0.2) is 17.9 Å². The molecular formula is C33H39N3O7S2. The standard InChI is InChI=1S/C33H39N3O7S2/c1-5-6-16-43-33(38)35-45(39,40)32-28(20-27(44-32)19-23(2)3)25-14-12-24(13-15-25)21-36-29(22-37)31(42-18-17-41-4)34-30(36)26-10-8-7-9-11-26/h7-15,20,22-23H,5-6,16-19,21H2,1-4H3,(H,35,38). The van der Waals surface area contributed by atoms with Crippen LogP contribution in [-0.2, 0) is 32.5 Å². The molecule has 2 aromatic carbocycles. The molecule has 4 rings (SSSR count). The van der Waals surface area contributed by atoms with Crippen LogP contribution in [0, 0.1) is 5.92 Å². The molecular weight excluding hydrogens is 615 g/mol. The number of carbonyl (C=O) groups excluding carboxylic acids is 2. The molecule has 0 aliphatic heterocycles. The van der Waals surface area contributed by atoms with Gasteiger partial charge in [-0.05, 0) is 36.0 Å². The van der Waals surface area contributed by atoms with E-state index in [2.05, 4.69) is 23.6 Å². The van der Waals surface area contributed by atoms with Crippen molar-refractivity contribution in [3.05, 3.63) is 76.8 Å². The molecule has 0 fully saturated rings. The van der Waals surface area contributed by atoms with Crippen molar-refractivity contribution < 1.29 is 32.2 Å². The normalized spacial score (nSPS) is 11.5. The van der Waals surface area contributed by atoms with E-state index < -0.39 is 16.1 Å². The summed E-state index contributed by atoms with van der Waals surface area (Å²) in [5.41, 5.74) is 3.17. The van der Waals surface area contributed by atoms with Crippen LogP contribution in [0.15, 0.2) is 64.9 Å². The van der Waals surface area contributed by atoms with Crippen LogP contribution in [0.1, 0.15) is 54.5 Å². The number of rotatable bonds is 16. The van der Waals surface area contributed by atoms with Gasteiger partial charge in [0.05, 0.1) is 13.2 Å². The quantitative estimate of drug-likeness (QED) is 0.106. The predicted octanol–water partition coefficient (Wildman–Crippen LogP) is 6.58. The molecule has 45 heavy (non-hydrogen) atoms. The second-order valence-corrected chi connectivity index (χ2v) is 13.9. The first-order chi connectivity index (χ1) is 21.7. The summed E-state index contributed by atoms with van der Waals surface area (Å²) < 4.78 is 46.5. The van der Waals surface area contributed by atoms with E-state index in [1.54, 1.807) is 11.7 Å². The van der Waals surface area contributed by atoms with Crippen molar-refractivity contribution in [3.8, 4) is 28.4 Å². The fourth-order valence-corrected chi connectivity index (χ4v) is 7.49. The monoisotopic (exact) mass is 653 g/mol. The lowest BCUT2D eigenvalue weighted by Gasteiger charge is -2.11. The third-order valence-electron chi connectivity index (χ3n) is 6.80. The molecule has 0 aliphatic carbocycles. The molecule has 1 N–H and O–H groups in total. The van der Waals surface area contributed by atoms with Gasteiger partial charge in [0.2, 0.25) is 5.88 Å². The number of carbonyl (C=O) groups is 2. The molecule has 10 nitrogen and oxygen atoms in total. The van der Waals surface area contributed by atoms with E-state index in [1.807, 2.05) is 67.6 Å². The lowest BCUT2D eigenvalue weighted by molar-refractivity contribution is 0.110. The van der Waals surface area contributed by atoms with Gasteiger partial charge in [-0.1, -0.05) is 81.8 Å². The summed E-state index contributed by atoms with van der Waals surface area (Å²) in [6.07, 6.45) is 1.89. The van der Waals surface area contributed by atoms with Crippen LogP contribution in [0.25, 0.3) is 22.5 Å². The van der Waals surface area contributed by atoms with Gasteiger partial charge < -0.3 is 18.8 Å². The average Bonchev–Trinajstić information content (AvgIpc) is 3.59. The maximum absolute atomic E-state index is 13.4. The Labute approximate surface area is 268 Å². The number of benzene rings is 2. The van der Waals surface area contributed by atoms with Crippen molar-refractivity contribution in [1.29, 1.82) is 0 Å². The first kappa shape index (κ1) is 33.9. The molecule has 0 bridgehead atoms. The fraction of sp³-hybridized carbons (Fsp3) is 0.364. The van der Waals surface area contributed by atoms with Crippen molar-refractivity contribution in [3.63, 3.8) is 0 Å². The van der Waals surface area contributed by atoms with Gasteiger partial charge in [-0.3, -0.25) is 4.79 Å². The van der Waals surface area contributed by atoms with Crippen LogP contribution in [0.4, 0.5) is 4.79 Å². The summed E-state index contributed by atoms with van der Waals surface area (Å²) >= 11 is 1.15. The number of aldehydes is 1. The average molecular weight is 654 g/mol. The number of aromatic nitrogens is 2. The number of ether oxygens (including phenoxy) is 3. The molecule has 0 saturated heterocycles. The highest BCUT2D eigenvalue weighted by molar-refractivity contribution is 7.92. The Hall–Kier alpha value is -4.00. The molecule has 0 saturated carbocycles. The zero-order valence-corrected chi connectivity index (χ0v) is 27.6. The number of unbranched alkanes of at least 4 members (excludes halogenated alkanes) is 1. The van der Waals surface area contributed by atoms with E-state index in [4.69, 9.17) is 14.2 Å². The molecule has 2 heterocycles. The second-order valence-electron chi connectivity index (χ2n) is 10.8. The summed E-state index contributed by atoms with van der Waals surface area (Å²) in [4.78, 5) is 30.0. The van der Waals surface area contributed by atoms with Crippen LogP contribution in [0.3, 0.4) is 0 Å². The largest absolute Gasteiger partial charge is 0.474 e. The molecule has 240 valence electrons. The zero-order valence-electron chi connectivity index (χ0n) is 25.9. The highest BCUT2D eigenvalue weighted by atomic mass is 32.2. The van der Waals surface area contributed by atoms with Crippen molar-refractivity contribution in [1.82, 2.24) is 14.3 Å². The van der Waals surface area contributed by atoms with Gasteiger partial charge in [-0.15, -0.1) is 11.3 Å². The highest BCUT2D eigenvalue weighted by Crippen LogP contribution is 2.37. The smallest absolute Gasteiger partial charge is 0.421 e. The van der Waals surface area contributed by atoms with Crippen LogP contribution in [-0.4, -0.2) is 57.3 Å². The number of imidazole rings is 1. The molecule has 0 spiro atoms. The van der Waals surface area contributed by atoms with Crippen LogP contribution >= 0.6 is 11.3 Å². The SMILES string of the molecule is CCCCOC(=O)NS(=O)(=O)c1sc(CC(C)C)cc1-c1ccc(Cn2c(-c3ccccc3)nc(OCCOC)c2C=O)cc1. The van der Waals surface area contributed by atoms with E-state index in [-0.39, 0.29) is 23.3 Å². The topological polar surface area (TPSA) is 126 Å². The number of nitrogens with one attached hydrogen (secondary N) is 1. The first-order valence-corrected chi connectivity index (χ1v) is 17.1. The molecule has 12 heteroatoms. The van der Waals surface area contributed by atoms with E-state index >= 15 is 0 Å². The number of nitrogens with zero attached hydrogens (tertiary/aromatic N) is 2. The Bertz CT molecular complexity index is 1680. The summed E-state index contributed by atoms with van der Waals surface area (Å²) in [5, 5.41) is 0. The van der Waals surface area contributed by atoms with Crippen molar-refractivity contribution in [2.24, 2.45) is 5.92 Å². The van der Waals surface area contributed by atoms with Gasteiger partial charge in [0, 0.05) is 29.7 Å². The number of hydrogen-bond donors (Lipinski definition) is 1. The molecule has 0 aliphatic rings. The lowest BCUT2D eigenvalue weighted by Crippen LogP contribution is -2.31.